The minimum atomic E-state index is -3.67. The molecule has 0 spiro atoms. The first-order chi connectivity index (χ1) is 20.9. The second-order valence-electron chi connectivity index (χ2n) is 11.0. The number of amides is 2. The number of aryl methyl sites for hydroxylation is 1. The molecule has 240 valence electrons. The van der Waals surface area contributed by atoms with E-state index < -0.39 is 27.9 Å². The summed E-state index contributed by atoms with van der Waals surface area (Å²) >= 11 is 0. The molecule has 7 N–H and O–H groups in total. The van der Waals surface area contributed by atoms with Gasteiger partial charge in [0.2, 0.25) is 5.88 Å². The van der Waals surface area contributed by atoms with Crippen molar-refractivity contribution >= 4 is 39.4 Å². The average Bonchev–Trinajstić information content (AvgIpc) is 3.28. The number of nitrogens with two attached hydrogens (primary N) is 1. The van der Waals surface area contributed by atoms with Gasteiger partial charge in [-0.2, -0.15) is 8.42 Å². The number of carbonyl (C=O) groups is 3. The Morgan fingerprint density at radius 2 is 1.69 bits per heavy atom. The molecular weight excluding hydrogens is 606 g/mol. The summed E-state index contributed by atoms with van der Waals surface area (Å²) in [7, 11) is -2.26. The van der Waals surface area contributed by atoms with Crippen molar-refractivity contribution in [3.8, 4) is 17.0 Å². The number of carboxylic acids is 1. The van der Waals surface area contributed by atoms with Crippen molar-refractivity contribution in [2.24, 2.45) is 11.1 Å². The lowest BCUT2D eigenvalue weighted by molar-refractivity contribution is 0.0697. The van der Waals surface area contributed by atoms with E-state index in [1.807, 2.05) is 13.8 Å². The fraction of sp³-hybridized carbons (Fsp3) is 0.300. The highest BCUT2D eigenvalue weighted by molar-refractivity contribution is 7.85. The van der Waals surface area contributed by atoms with Gasteiger partial charge < -0.3 is 30.9 Å². The second-order valence-corrected chi connectivity index (χ2v) is 12.4. The van der Waals surface area contributed by atoms with Gasteiger partial charge in [0.1, 0.15) is 11.5 Å². The van der Waals surface area contributed by atoms with E-state index in [0.29, 0.717) is 36.3 Å². The van der Waals surface area contributed by atoms with Crippen LogP contribution in [0.15, 0.2) is 48.5 Å². The van der Waals surface area contributed by atoms with Gasteiger partial charge in [0, 0.05) is 33.9 Å². The summed E-state index contributed by atoms with van der Waals surface area (Å²) in [6.45, 7) is 6.56. The molecule has 0 unspecified atom stereocenters. The quantitative estimate of drug-likeness (QED) is 0.119. The van der Waals surface area contributed by atoms with Gasteiger partial charge in [-0.1, -0.05) is 13.8 Å². The molecule has 2 amide bonds. The Bertz CT molecular complexity index is 1730. The molecule has 45 heavy (non-hydrogen) atoms. The minimum Gasteiger partial charge on any atom is -0.481 e. The van der Waals surface area contributed by atoms with Gasteiger partial charge in [0.15, 0.2) is 0 Å². The predicted molar refractivity (Wildman–Crippen MR) is 167 cm³/mol. The van der Waals surface area contributed by atoms with Crippen molar-refractivity contribution in [3.05, 3.63) is 76.5 Å². The van der Waals surface area contributed by atoms with E-state index in [9.17, 15) is 27.9 Å². The monoisotopic (exact) mass is 641 g/mol. The van der Waals surface area contributed by atoms with Crippen molar-refractivity contribution in [3.63, 3.8) is 0 Å². The third-order valence-corrected chi connectivity index (χ3v) is 6.88. The molecule has 0 aliphatic carbocycles. The molecule has 1 fully saturated rings. The lowest BCUT2D eigenvalue weighted by atomic mass is 9.87. The summed E-state index contributed by atoms with van der Waals surface area (Å²) < 4.78 is 36.6. The van der Waals surface area contributed by atoms with Crippen molar-refractivity contribution in [2.45, 2.75) is 26.8 Å². The number of hydrogen-bond acceptors (Lipinski definition) is 9. The molecule has 14 nitrogen and oxygen atoms in total. The molecule has 1 aliphatic heterocycles. The van der Waals surface area contributed by atoms with Crippen LogP contribution in [0.3, 0.4) is 0 Å². The molecule has 2 heterocycles. The number of anilines is 1. The third-order valence-electron chi connectivity index (χ3n) is 6.88. The first-order valence-electron chi connectivity index (χ1n) is 13.4. The summed E-state index contributed by atoms with van der Waals surface area (Å²) in [6, 6.07) is 12.1. The predicted octanol–water partition coefficient (Wildman–Crippen LogP) is 2.96. The van der Waals surface area contributed by atoms with E-state index in [-0.39, 0.29) is 51.1 Å². The molecule has 2 aromatic carbocycles. The lowest BCUT2D eigenvalue weighted by Gasteiger charge is -2.26. The number of ether oxygens (including phenoxy) is 2. The number of aromatic carboxylic acids is 1. The Morgan fingerprint density at radius 1 is 1.07 bits per heavy atom. The number of aromatic nitrogens is 1. The molecular formula is C30H35N5O9S. The maximum absolute atomic E-state index is 13.4. The number of hydrogen-bond donors (Lipinski definition) is 6. The van der Waals surface area contributed by atoms with Crippen LogP contribution in [0, 0.1) is 17.7 Å². The van der Waals surface area contributed by atoms with Gasteiger partial charge in [-0.15, -0.1) is 0 Å². The summed E-state index contributed by atoms with van der Waals surface area (Å²) in [6.07, 6.45) is 0.715. The number of carbonyl (C=O) groups excluding carboxylic acids is 2. The minimum absolute atomic E-state index is 0.0704. The van der Waals surface area contributed by atoms with Crippen LogP contribution in [0.5, 0.6) is 5.88 Å². The Labute approximate surface area is 260 Å². The first kappa shape index (κ1) is 34.6. The number of pyridine rings is 1. The first-order valence-corrected chi connectivity index (χ1v) is 15.3. The number of benzene rings is 2. The number of nitrogen functional groups attached to an aromatic ring is 1. The van der Waals surface area contributed by atoms with E-state index in [2.05, 4.69) is 15.6 Å². The van der Waals surface area contributed by atoms with Crippen LogP contribution in [0.1, 0.15) is 56.2 Å². The number of rotatable bonds is 8. The van der Waals surface area contributed by atoms with Crippen LogP contribution in [-0.4, -0.2) is 79.3 Å². The zero-order valence-corrected chi connectivity index (χ0v) is 26.1. The van der Waals surface area contributed by atoms with Crippen LogP contribution < -0.4 is 21.1 Å². The normalized spacial score (nSPS) is 15.3. The maximum Gasteiger partial charge on any atom is 0.336 e. The molecule has 1 atom stereocenters. The summed E-state index contributed by atoms with van der Waals surface area (Å²) in [5.41, 5.74) is 7.12. The standard InChI is InChI=1S/C29H31N5O6.CH4O3S/c1-15-11-20(21(28(37)38)12-19(15)26(35)33-22-13-40-14-29(22,2)3)18-9-10-23(39-4)34-24(18)27(36)32-17-7-5-16(6-8-17)25(30)31;1-5(2,3)4/h5-12,22H,13-14H2,1-4H3,(H3,30,31)(H,32,36)(H,33,35)(H,37,38);1H3,(H,2,3,4)/t22-;/m1./s1. The molecule has 0 saturated carbocycles. The zero-order chi connectivity index (χ0) is 33.7. The third kappa shape index (κ3) is 9.07. The van der Waals surface area contributed by atoms with Crippen molar-refractivity contribution in [1.82, 2.24) is 10.3 Å². The largest absolute Gasteiger partial charge is 0.481 e. The number of amidine groups is 1. The molecule has 4 rings (SSSR count). The summed E-state index contributed by atoms with van der Waals surface area (Å²) in [5, 5.41) is 23.3. The maximum atomic E-state index is 13.4. The van der Waals surface area contributed by atoms with Gasteiger partial charge in [-0.3, -0.25) is 19.6 Å². The number of nitrogens with zero attached hydrogens (tertiary/aromatic N) is 1. The SMILES string of the molecule is COc1ccc(-c2cc(C)c(C(=O)N[C@@H]3COCC3(C)C)cc2C(=O)O)c(C(=O)Nc2ccc(C(=N)N)cc2)n1.CS(=O)(=O)O. The zero-order valence-electron chi connectivity index (χ0n) is 25.3. The highest BCUT2D eigenvalue weighted by atomic mass is 32.2. The van der Waals surface area contributed by atoms with Gasteiger partial charge in [0.25, 0.3) is 21.9 Å². The molecule has 15 heteroatoms. The molecule has 1 saturated heterocycles. The average molecular weight is 642 g/mol. The van der Waals surface area contributed by atoms with Gasteiger partial charge >= 0.3 is 5.97 Å². The van der Waals surface area contributed by atoms with E-state index in [0.717, 1.165) is 0 Å². The van der Waals surface area contributed by atoms with Gasteiger partial charge in [-0.05, 0) is 60.5 Å². The molecule has 1 aliphatic rings. The molecule has 0 radical (unpaired) electrons. The van der Waals surface area contributed by atoms with Crippen LogP contribution in [0.2, 0.25) is 0 Å². The number of carboxylic acid groups (broad SMARTS) is 1. The highest BCUT2D eigenvalue weighted by Crippen LogP contribution is 2.32. The van der Waals surface area contributed by atoms with Crippen molar-refractivity contribution in [2.75, 3.05) is 31.9 Å². The Morgan fingerprint density at radius 3 is 2.20 bits per heavy atom. The van der Waals surface area contributed by atoms with E-state index in [4.69, 9.17) is 25.2 Å². The van der Waals surface area contributed by atoms with Gasteiger partial charge in [-0.25, -0.2) is 9.78 Å². The summed E-state index contributed by atoms with van der Waals surface area (Å²) in [5.74, 6) is -2.23. The summed E-state index contributed by atoms with van der Waals surface area (Å²) in [4.78, 5) is 43.3. The Hall–Kier alpha value is -4.86. The van der Waals surface area contributed by atoms with Crippen LogP contribution in [-0.2, 0) is 14.9 Å². The van der Waals surface area contributed by atoms with E-state index >= 15 is 0 Å². The van der Waals surface area contributed by atoms with Crippen LogP contribution in [0.25, 0.3) is 11.1 Å². The topological polar surface area (TPSA) is 231 Å². The highest BCUT2D eigenvalue weighted by Gasteiger charge is 2.37. The fourth-order valence-electron chi connectivity index (χ4n) is 4.46. The number of methoxy groups -OCH3 is 1. The number of nitrogens with one attached hydrogen (secondary N) is 3. The fourth-order valence-corrected chi connectivity index (χ4v) is 4.46. The van der Waals surface area contributed by atoms with Crippen molar-refractivity contribution in [1.29, 1.82) is 5.41 Å². The smallest absolute Gasteiger partial charge is 0.336 e. The molecule has 3 aromatic rings. The van der Waals surface area contributed by atoms with Crippen molar-refractivity contribution < 1.29 is 41.9 Å². The second kappa shape index (κ2) is 13.8. The van der Waals surface area contributed by atoms with E-state index in [1.165, 1.54) is 19.2 Å². The van der Waals surface area contributed by atoms with Gasteiger partial charge in [0.05, 0.1) is 38.2 Å². The van der Waals surface area contributed by atoms with Crippen LogP contribution in [0.4, 0.5) is 5.69 Å². The molecule has 1 aromatic heterocycles. The Kier molecular flexibility index (Phi) is 10.6. The lowest BCUT2D eigenvalue weighted by Crippen LogP contribution is -2.44. The van der Waals surface area contributed by atoms with Crippen LogP contribution >= 0.6 is 0 Å². The molecule has 0 bridgehead atoms. The van der Waals surface area contributed by atoms with E-state index in [1.54, 1.807) is 43.3 Å². The Balaban J connectivity index is 0.00000102.